The fourth-order valence-electron chi connectivity index (χ4n) is 5.85. The Morgan fingerprint density at radius 1 is 0.949 bits per heavy atom. The van der Waals surface area contributed by atoms with Gasteiger partial charge in [-0.1, -0.05) is 72.8 Å². The Labute approximate surface area is 236 Å². The molecule has 0 aliphatic carbocycles. The number of benzene rings is 3. The number of amides is 2. The summed E-state index contributed by atoms with van der Waals surface area (Å²) in [6.45, 7) is 1.01. The largest absolute Gasteiger partial charge is 0.469 e. The maximum atomic E-state index is 14.4. The molecule has 5 unspecified atom stereocenters. The van der Waals surface area contributed by atoms with Crippen LogP contribution in [0.1, 0.15) is 46.3 Å². The van der Waals surface area contributed by atoms with Crippen LogP contribution in [0.5, 0.6) is 0 Å². The van der Waals surface area contributed by atoms with Gasteiger partial charge in [-0.05, 0) is 52.0 Å². The van der Waals surface area contributed by atoms with Crippen LogP contribution in [0.25, 0.3) is 0 Å². The van der Waals surface area contributed by atoms with E-state index in [9.17, 15) is 14.4 Å². The number of esters is 1. The summed E-state index contributed by atoms with van der Waals surface area (Å²) >= 11 is 3.51. The van der Waals surface area contributed by atoms with E-state index >= 15 is 0 Å². The number of halogens is 1. The van der Waals surface area contributed by atoms with Crippen molar-refractivity contribution < 1.29 is 23.9 Å². The van der Waals surface area contributed by atoms with Gasteiger partial charge in [0.25, 0.3) is 5.91 Å². The van der Waals surface area contributed by atoms with Gasteiger partial charge in [-0.3, -0.25) is 14.4 Å². The number of nitrogens with one attached hydrogen (secondary N) is 1. The number of carbonyl (C=O) groups excluding carboxylic acids is 3. The molecular formula is C31H31BrN2O5. The zero-order valence-electron chi connectivity index (χ0n) is 21.7. The molecule has 2 fully saturated rings. The number of hydrogen-bond donors (Lipinski definition) is 1. The van der Waals surface area contributed by atoms with Gasteiger partial charge < -0.3 is 19.7 Å². The smallest absolute Gasteiger partial charge is 0.311 e. The molecule has 5 atom stereocenters. The van der Waals surface area contributed by atoms with Gasteiger partial charge in [0.1, 0.15) is 6.04 Å². The molecule has 2 heterocycles. The molecule has 1 N–H and O–H groups in total. The van der Waals surface area contributed by atoms with Crippen LogP contribution >= 0.6 is 15.9 Å². The summed E-state index contributed by atoms with van der Waals surface area (Å²) in [5.41, 5.74) is 1.95. The number of rotatable bonds is 7. The number of nitrogens with zero attached hydrogens (tertiary/aromatic N) is 1. The molecule has 0 saturated carbocycles. The molecule has 2 aliphatic rings. The summed E-state index contributed by atoms with van der Waals surface area (Å²) in [6, 6.07) is 24.2. The zero-order chi connectivity index (χ0) is 27.4. The van der Waals surface area contributed by atoms with Gasteiger partial charge in [0.05, 0.1) is 30.7 Å². The van der Waals surface area contributed by atoms with E-state index in [1.807, 2.05) is 66.7 Å². The first kappa shape index (κ1) is 27.1. The summed E-state index contributed by atoms with van der Waals surface area (Å²) in [6.07, 6.45) is 1.74. The number of ether oxygens (including phenoxy) is 2. The van der Waals surface area contributed by atoms with Gasteiger partial charge in [-0.25, -0.2) is 0 Å². The first-order chi connectivity index (χ1) is 19.0. The van der Waals surface area contributed by atoms with Gasteiger partial charge in [-0.2, -0.15) is 0 Å². The van der Waals surface area contributed by atoms with Crippen LogP contribution in [0, 0.1) is 5.92 Å². The van der Waals surface area contributed by atoms with Gasteiger partial charge in [0, 0.05) is 23.5 Å². The van der Waals surface area contributed by atoms with Crippen LogP contribution in [-0.2, 0) is 19.1 Å². The molecule has 0 bridgehead atoms. The maximum Gasteiger partial charge on any atom is 0.311 e. The van der Waals surface area contributed by atoms with Crippen molar-refractivity contribution in [2.24, 2.45) is 5.92 Å². The van der Waals surface area contributed by atoms with Crippen molar-refractivity contribution in [1.29, 1.82) is 0 Å². The van der Waals surface area contributed by atoms with E-state index in [0.29, 0.717) is 23.2 Å². The third-order valence-electron chi connectivity index (χ3n) is 7.60. The SMILES string of the molecule is COC(=O)C1C(c2ccccc2)C(C(=O)NCC2CCCO2)N(C(=O)c2ccccc2Br)C1c1ccccc1. The topological polar surface area (TPSA) is 84.9 Å². The van der Waals surface area contributed by atoms with Crippen molar-refractivity contribution in [2.45, 2.75) is 36.9 Å². The van der Waals surface area contributed by atoms with Crippen LogP contribution in [0.2, 0.25) is 0 Å². The predicted molar refractivity (Wildman–Crippen MR) is 150 cm³/mol. The Morgan fingerprint density at radius 3 is 2.21 bits per heavy atom. The molecule has 3 aromatic carbocycles. The zero-order valence-corrected chi connectivity index (χ0v) is 23.3. The van der Waals surface area contributed by atoms with E-state index in [4.69, 9.17) is 9.47 Å². The molecule has 202 valence electrons. The molecule has 2 aliphatic heterocycles. The van der Waals surface area contributed by atoms with E-state index in [0.717, 1.165) is 24.0 Å². The lowest BCUT2D eigenvalue weighted by molar-refractivity contribution is -0.146. The molecule has 2 amide bonds. The van der Waals surface area contributed by atoms with E-state index in [-0.39, 0.29) is 17.9 Å². The minimum Gasteiger partial charge on any atom is -0.469 e. The Balaban J connectivity index is 1.67. The second-order valence-corrected chi connectivity index (χ2v) is 10.7. The Kier molecular flexibility index (Phi) is 8.43. The molecule has 0 radical (unpaired) electrons. The van der Waals surface area contributed by atoms with E-state index in [2.05, 4.69) is 21.2 Å². The fraction of sp³-hybridized carbons (Fsp3) is 0.323. The summed E-state index contributed by atoms with van der Waals surface area (Å²) in [4.78, 5) is 43.7. The second-order valence-electron chi connectivity index (χ2n) is 9.86. The Bertz CT molecular complexity index is 1310. The fourth-order valence-corrected chi connectivity index (χ4v) is 6.30. The highest BCUT2D eigenvalue weighted by Crippen LogP contribution is 2.51. The minimum absolute atomic E-state index is 0.0701. The highest BCUT2D eigenvalue weighted by Gasteiger charge is 2.58. The first-order valence-corrected chi connectivity index (χ1v) is 13.9. The Morgan fingerprint density at radius 2 is 1.59 bits per heavy atom. The van der Waals surface area contributed by atoms with Gasteiger partial charge in [0.2, 0.25) is 5.91 Å². The molecule has 0 spiro atoms. The summed E-state index contributed by atoms with van der Waals surface area (Å²) in [7, 11) is 1.34. The molecule has 2 saturated heterocycles. The van der Waals surface area contributed by atoms with Crippen molar-refractivity contribution in [1.82, 2.24) is 10.2 Å². The molecule has 3 aromatic rings. The third-order valence-corrected chi connectivity index (χ3v) is 8.29. The van der Waals surface area contributed by atoms with E-state index in [1.54, 1.807) is 23.1 Å². The van der Waals surface area contributed by atoms with Gasteiger partial charge in [-0.15, -0.1) is 0 Å². The predicted octanol–water partition coefficient (Wildman–Crippen LogP) is 4.88. The van der Waals surface area contributed by atoms with Gasteiger partial charge in [0.15, 0.2) is 0 Å². The quantitative estimate of drug-likeness (QED) is 0.396. The summed E-state index contributed by atoms with van der Waals surface area (Å²) < 4.78 is 11.7. The average Bonchev–Trinajstić information content (AvgIpc) is 3.63. The van der Waals surface area contributed by atoms with E-state index in [1.165, 1.54) is 7.11 Å². The minimum atomic E-state index is -0.970. The third kappa shape index (κ3) is 5.49. The number of carbonyl (C=O) groups is 3. The van der Waals surface area contributed by atoms with Crippen molar-refractivity contribution in [3.63, 3.8) is 0 Å². The molecule has 7 nitrogen and oxygen atoms in total. The number of hydrogen-bond acceptors (Lipinski definition) is 5. The van der Waals surface area contributed by atoms with Crippen LogP contribution < -0.4 is 5.32 Å². The van der Waals surface area contributed by atoms with Crippen LogP contribution in [0.4, 0.5) is 0 Å². The van der Waals surface area contributed by atoms with Crippen LogP contribution in [0.15, 0.2) is 89.4 Å². The lowest BCUT2D eigenvalue weighted by Gasteiger charge is -2.32. The number of methoxy groups -OCH3 is 1. The van der Waals surface area contributed by atoms with Crippen LogP contribution in [-0.4, -0.2) is 55.1 Å². The summed E-state index contributed by atoms with van der Waals surface area (Å²) in [5, 5.41) is 3.05. The van der Waals surface area contributed by atoms with Crippen molar-refractivity contribution in [2.75, 3.05) is 20.3 Å². The lowest BCUT2D eigenvalue weighted by atomic mass is 9.80. The standard InChI is InChI=1S/C31H31BrN2O5/c1-38-31(37)26-25(20-11-4-2-5-12-20)28(29(35)33-19-22-15-10-18-39-22)34(27(26)21-13-6-3-7-14-21)30(36)23-16-8-9-17-24(23)32/h2-9,11-14,16-17,22,25-28H,10,15,18-19H2,1H3,(H,33,35). The average molecular weight is 592 g/mol. The molecule has 39 heavy (non-hydrogen) atoms. The molecule has 8 heteroatoms. The normalized spacial score (nSPS) is 24.4. The summed E-state index contributed by atoms with van der Waals surface area (Å²) in [5.74, 6) is -2.60. The van der Waals surface area contributed by atoms with Gasteiger partial charge >= 0.3 is 5.97 Å². The Hall–Kier alpha value is -3.49. The maximum absolute atomic E-state index is 14.4. The second kappa shape index (κ2) is 12.1. The van der Waals surface area contributed by atoms with Crippen LogP contribution in [0.3, 0.4) is 0 Å². The monoisotopic (exact) mass is 590 g/mol. The highest BCUT2D eigenvalue weighted by molar-refractivity contribution is 9.10. The van der Waals surface area contributed by atoms with E-state index < -0.39 is 29.9 Å². The molecule has 0 aromatic heterocycles. The lowest BCUT2D eigenvalue weighted by Crippen LogP contribution is -2.50. The van der Waals surface area contributed by atoms with Crippen molar-refractivity contribution in [3.05, 3.63) is 106 Å². The molecular weight excluding hydrogens is 560 g/mol. The first-order valence-electron chi connectivity index (χ1n) is 13.2. The van der Waals surface area contributed by atoms with Crippen molar-refractivity contribution >= 4 is 33.7 Å². The van der Waals surface area contributed by atoms with Crippen molar-refractivity contribution in [3.8, 4) is 0 Å². The number of likely N-dealkylation sites (tertiary alicyclic amines) is 1. The molecule has 5 rings (SSSR count). The highest BCUT2D eigenvalue weighted by atomic mass is 79.9.